The third-order valence-electron chi connectivity index (χ3n) is 4.30. The van der Waals surface area contributed by atoms with Crippen LogP contribution in [0.4, 0.5) is 5.69 Å². The van der Waals surface area contributed by atoms with Gasteiger partial charge in [-0.05, 0) is 55.3 Å². The fourth-order valence-corrected chi connectivity index (χ4v) is 4.15. The van der Waals surface area contributed by atoms with Crippen molar-refractivity contribution in [2.75, 3.05) is 18.5 Å². The highest BCUT2D eigenvalue weighted by molar-refractivity contribution is 9.10. The van der Waals surface area contributed by atoms with Gasteiger partial charge in [0, 0.05) is 15.7 Å². The molecular weight excluding hydrogens is 468 g/mol. The summed E-state index contributed by atoms with van der Waals surface area (Å²) in [4.78, 5) is 24.6. The number of hydrogen-bond acceptors (Lipinski definition) is 6. The predicted octanol–water partition coefficient (Wildman–Crippen LogP) is 4.55. The number of ether oxygens (including phenoxy) is 2. The maximum absolute atomic E-state index is 12.5. The van der Waals surface area contributed by atoms with Gasteiger partial charge in [0.05, 0.1) is 11.5 Å². The first-order chi connectivity index (χ1) is 14.5. The van der Waals surface area contributed by atoms with Crippen molar-refractivity contribution >= 4 is 51.3 Å². The third-order valence-corrected chi connectivity index (χ3v) is 5.82. The molecule has 0 spiro atoms. The number of carbonyl (C=O) groups is 2. The summed E-state index contributed by atoms with van der Waals surface area (Å²) in [6, 6.07) is 13.5. The summed E-state index contributed by atoms with van der Waals surface area (Å²) in [6.45, 7) is 3.96. The van der Waals surface area contributed by atoms with Crippen molar-refractivity contribution in [2.45, 2.75) is 25.8 Å². The molecule has 1 atom stereocenters. The van der Waals surface area contributed by atoms with Crippen molar-refractivity contribution < 1.29 is 19.1 Å². The van der Waals surface area contributed by atoms with Crippen LogP contribution < -0.4 is 15.4 Å². The lowest BCUT2D eigenvalue weighted by atomic mass is 10.1. The van der Waals surface area contributed by atoms with Crippen LogP contribution in [0.1, 0.15) is 25.0 Å². The van der Waals surface area contributed by atoms with Crippen molar-refractivity contribution in [1.29, 1.82) is 0 Å². The molecule has 1 amide bonds. The second kappa shape index (κ2) is 10.5. The topological polar surface area (TPSA) is 76.7 Å². The number of thioether (sulfide) groups is 1. The van der Waals surface area contributed by atoms with Gasteiger partial charge in [0.1, 0.15) is 5.75 Å². The van der Waals surface area contributed by atoms with Gasteiger partial charge in [-0.1, -0.05) is 46.7 Å². The summed E-state index contributed by atoms with van der Waals surface area (Å²) in [6.07, 6.45) is 2.74. The Bertz CT molecular complexity index is 947. The summed E-state index contributed by atoms with van der Waals surface area (Å²) in [5.74, 6) is -0.108. The van der Waals surface area contributed by atoms with E-state index in [1.165, 1.54) is 17.3 Å². The molecule has 6 nitrogen and oxygen atoms in total. The van der Waals surface area contributed by atoms with Gasteiger partial charge < -0.3 is 20.1 Å². The van der Waals surface area contributed by atoms with Gasteiger partial charge in [0.2, 0.25) is 0 Å². The monoisotopic (exact) mass is 490 g/mol. The van der Waals surface area contributed by atoms with Gasteiger partial charge in [-0.2, -0.15) is 0 Å². The van der Waals surface area contributed by atoms with Gasteiger partial charge in [-0.3, -0.25) is 4.79 Å². The molecule has 1 fully saturated rings. The number of benzene rings is 2. The predicted molar refractivity (Wildman–Crippen MR) is 123 cm³/mol. The Kier molecular flexibility index (Phi) is 7.81. The molecular formula is C22H23BrN2O4S. The van der Waals surface area contributed by atoms with E-state index >= 15 is 0 Å². The van der Waals surface area contributed by atoms with Gasteiger partial charge in [0.15, 0.2) is 12.1 Å². The van der Waals surface area contributed by atoms with Crippen LogP contribution >= 0.6 is 27.7 Å². The molecule has 158 valence electrons. The Morgan fingerprint density at radius 2 is 2.00 bits per heavy atom. The van der Waals surface area contributed by atoms with E-state index in [1.54, 1.807) is 19.1 Å². The highest BCUT2D eigenvalue weighted by Crippen LogP contribution is 2.33. The second-order valence-electron chi connectivity index (χ2n) is 6.45. The van der Waals surface area contributed by atoms with E-state index < -0.39 is 5.97 Å². The highest BCUT2D eigenvalue weighted by Gasteiger charge is 2.27. The average Bonchev–Trinajstić information content (AvgIpc) is 3.07. The molecule has 0 saturated carbocycles. The number of hydrogen-bond donors (Lipinski definition) is 2. The largest absolute Gasteiger partial charge is 0.481 e. The maximum Gasteiger partial charge on any atom is 0.344 e. The van der Waals surface area contributed by atoms with E-state index in [0.717, 1.165) is 16.6 Å². The minimum absolute atomic E-state index is 0.168. The van der Waals surface area contributed by atoms with Crippen LogP contribution in [0.25, 0.3) is 6.08 Å². The molecule has 0 radical (unpaired) electrons. The van der Waals surface area contributed by atoms with Crippen molar-refractivity contribution in [3.63, 3.8) is 0 Å². The maximum atomic E-state index is 12.5. The van der Waals surface area contributed by atoms with Crippen molar-refractivity contribution in [2.24, 2.45) is 0 Å². The van der Waals surface area contributed by atoms with Crippen LogP contribution in [-0.4, -0.2) is 30.6 Å². The second-order valence-corrected chi connectivity index (χ2v) is 8.51. The molecule has 2 N–H and O–H groups in total. The normalized spacial score (nSPS) is 17.0. The number of anilines is 1. The number of aryl methyl sites for hydroxylation is 1. The molecule has 30 heavy (non-hydrogen) atoms. The number of esters is 1. The van der Waals surface area contributed by atoms with Crippen LogP contribution in [0.3, 0.4) is 0 Å². The lowest BCUT2D eigenvalue weighted by Gasteiger charge is -2.13. The number of carbonyl (C=O) groups excluding carboxylic acids is 2. The number of nitrogens with one attached hydrogen (secondary N) is 2. The lowest BCUT2D eigenvalue weighted by molar-refractivity contribution is -0.145. The van der Waals surface area contributed by atoms with Crippen molar-refractivity contribution in [3.05, 3.63) is 63.0 Å². The van der Waals surface area contributed by atoms with Gasteiger partial charge in [-0.15, -0.1) is 0 Å². The van der Waals surface area contributed by atoms with E-state index in [4.69, 9.17) is 9.47 Å². The number of rotatable bonds is 8. The Balaban J connectivity index is 1.71. The molecule has 1 aliphatic heterocycles. The molecule has 1 saturated heterocycles. The zero-order valence-corrected chi connectivity index (χ0v) is 19.1. The van der Waals surface area contributed by atoms with E-state index in [0.29, 0.717) is 22.8 Å². The van der Waals surface area contributed by atoms with Gasteiger partial charge in [0.25, 0.3) is 5.91 Å². The van der Waals surface area contributed by atoms with Crippen molar-refractivity contribution in [1.82, 2.24) is 5.32 Å². The van der Waals surface area contributed by atoms with Gasteiger partial charge >= 0.3 is 5.97 Å². The first-order valence-electron chi connectivity index (χ1n) is 9.61. The number of halogens is 1. The van der Waals surface area contributed by atoms with E-state index in [-0.39, 0.29) is 18.0 Å². The molecule has 0 aliphatic carbocycles. The first-order valence-corrected chi connectivity index (χ1v) is 11.3. The zero-order chi connectivity index (χ0) is 21.5. The molecule has 2 aromatic rings. The fourth-order valence-electron chi connectivity index (χ4n) is 2.80. The Labute approximate surface area is 188 Å². The summed E-state index contributed by atoms with van der Waals surface area (Å²) in [5.41, 5.74) is 2.62. The highest BCUT2D eigenvalue weighted by atomic mass is 79.9. The molecule has 0 aromatic heterocycles. The molecule has 1 heterocycles. The molecule has 2 aromatic carbocycles. The fraction of sp³-hybridized carbons (Fsp3) is 0.273. The quantitative estimate of drug-likeness (QED) is 0.417. The molecule has 1 aliphatic rings. The summed E-state index contributed by atoms with van der Waals surface area (Å²) in [5, 5.41) is 6.23. The van der Waals surface area contributed by atoms with Crippen LogP contribution in [-0.2, 0) is 20.7 Å². The Morgan fingerprint density at radius 1 is 1.23 bits per heavy atom. The zero-order valence-electron chi connectivity index (χ0n) is 16.7. The molecule has 8 heteroatoms. The molecule has 0 bridgehead atoms. The summed E-state index contributed by atoms with van der Waals surface area (Å²) in [7, 11) is 0. The van der Waals surface area contributed by atoms with E-state index in [9.17, 15) is 9.59 Å². The lowest BCUT2D eigenvalue weighted by Crippen LogP contribution is -2.30. The van der Waals surface area contributed by atoms with E-state index in [1.807, 2.05) is 24.3 Å². The van der Waals surface area contributed by atoms with Crippen molar-refractivity contribution in [3.8, 4) is 5.75 Å². The first kappa shape index (κ1) is 22.2. The van der Waals surface area contributed by atoms with Crippen LogP contribution in [0, 0.1) is 0 Å². The third kappa shape index (κ3) is 6.03. The van der Waals surface area contributed by atoms with Gasteiger partial charge in [-0.25, -0.2) is 4.79 Å². The molecule has 3 rings (SSSR count). The van der Waals surface area contributed by atoms with Crippen LogP contribution in [0.15, 0.2) is 51.8 Å². The Hall–Kier alpha value is -2.45. The minimum Gasteiger partial charge on any atom is -0.481 e. The Morgan fingerprint density at radius 3 is 2.70 bits per heavy atom. The smallest absolute Gasteiger partial charge is 0.344 e. The summed E-state index contributed by atoms with van der Waals surface area (Å²) < 4.78 is 11.3. The summed E-state index contributed by atoms with van der Waals surface area (Å²) >= 11 is 4.83. The van der Waals surface area contributed by atoms with E-state index in [2.05, 4.69) is 45.6 Å². The molecule has 0 unspecified atom stereocenters. The number of amides is 1. The van der Waals surface area contributed by atoms with Crippen LogP contribution in [0.2, 0.25) is 0 Å². The van der Waals surface area contributed by atoms with Crippen LogP contribution in [0.5, 0.6) is 5.75 Å². The minimum atomic E-state index is -0.439. The average molecular weight is 491 g/mol. The SMILES string of the molecule is CCOC(=O)COc1ccc(Br)cc1/C=C1\S[C@@H](Nc2ccc(CC)cc2)NC1=O. The standard InChI is InChI=1S/C22H23BrN2O4S/c1-3-14-5-8-17(9-6-14)24-22-25-21(27)19(30-22)12-15-11-16(23)7-10-18(15)29-13-20(26)28-4-2/h5-12,22,24H,3-4,13H2,1-2H3,(H,25,27)/b19-12-/t22-/m0/s1.